The highest BCUT2D eigenvalue weighted by Gasteiger charge is 2.21. The number of benzene rings is 6. The summed E-state index contributed by atoms with van der Waals surface area (Å²) >= 11 is 0. The van der Waals surface area contributed by atoms with E-state index in [1.807, 2.05) is 36.5 Å². The Morgan fingerprint density at radius 3 is 2.09 bits per heavy atom. The van der Waals surface area contributed by atoms with Crippen LogP contribution in [0, 0.1) is 0 Å². The normalized spacial score (nSPS) is 11.9. The van der Waals surface area contributed by atoms with Gasteiger partial charge in [0.15, 0.2) is 5.58 Å². The molecule has 2 heterocycles. The first-order valence-electron chi connectivity index (χ1n) is 15.5. The van der Waals surface area contributed by atoms with Gasteiger partial charge in [0.2, 0.25) is 5.89 Å². The average molecular weight is 597 g/mol. The first-order valence-corrected chi connectivity index (χ1v) is 15.5. The van der Waals surface area contributed by atoms with Gasteiger partial charge in [-0.25, -0.2) is 4.98 Å². The number of pyridine rings is 1. The second-order valence-electron chi connectivity index (χ2n) is 12.9. The van der Waals surface area contributed by atoms with Gasteiger partial charge in [0.25, 0.3) is 0 Å². The minimum Gasteiger partial charge on any atom is -0.507 e. The molecule has 222 valence electrons. The van der Waals surface area contributed by atoms with Gasteiger partial charge in [-0.15, -0.1) is 0 Å². The zero-order valence-electron chi connectivity index (χ0n) is 26.0. The van der Waals surface area contributed by atoms with Gasteiger partial charge in [-0.2, -0.15) is 0 Å². The number of fused-ring (bicyclic) bond motifs is 3. The van der Waals surface area contributed by atoms with Crippen molar-refractivity contribution in [1.29, 1.82) is 0 Å². The van der Waals surface area contributed by atoms with E-state index in [2.05, 4.69) is 106 Å². The van der Waals surface area contributed by atoms with Crippen LogP contribution >= 0.6 is 0 Å². The summed E-state index contributed by atoms with van der Waals surface area (Å²) in [7, 11) is 0. The number of oxazole rings is 1. The summed E-state index contributed by atoms with van der Waals surface area (Å²) in [4.78, 5) is 9.80. The van der Waals surface area contributed by atoms with Crippen LogP contribution in [0.15, 0.2) is 138 Å². The van der Waals surface area contributed by atoms with Crippen LogP contribution in [0.3, 0.4) is 0 Å². The molecule has 0 aliphatic carbocycles. The average Bonchev–Trinajstić information content (AvgIpc) is 3.51. The van der Waals surface area contributed by atoms with Crippen molar-refractivity contribution in [3.63, 3.8) is 0 Å². The SMILES string of the molecule is CC(C)(C)c1cc(-c2cc(-c3cccc4ccccc34)cc3cccnc23)cc(-c2cccc3oc(-c4ccccc4O)nc23)c1. The van der Waals surface area contributed by atoms with E-state index in [1.54, 1.807) is 12.1 Å². The van der Waals surface area contributed by atoms with Crippen LogP contribution in [-0.4, -0.2) is 15.1 Å². The van der Waals surface area contributed by atoms with Gasteiger partial charge in [-0.05, 0) is 86.5 Å². The highest BCUT2D eigenvalue weighted by atomic mass is 16.3. The summed E-state index contributed by atoms with van der Waals surface area (Å²) in [5.74, 6) is 0.531. The van der Waals surface area contributed by atoms with E-state index in [1.165, 1.54) is 21.9 Å². The third-order valence-electron chi connectivity index (χ3n) is 8.78. The fourth-order valence-electron chi connectivity index (χ4n) is 6.37. The molecule has 8 rings (SSSR count). The molecule has 6 aromatic carbocycles. The predicted octanol–water partition coefficient (Wildman–Crippen LogP) is 11.2. The van der Waals surface area contributed by atoms with Crippen molar-refractivity contribution >= 4 is 32.8 Å². The largest absolute Gasteiger partial charge is 0.507 e. The number of para-hydroxylation sites is 2. The number of nitrogens with zero attached hydrogens (tertiary/aromatic N) is 2. The van der Waals surface area contributed by atoms with E-state index in [9.17, 15) is 5.11 Å². The number of hydrogen-bond acceptors (Lipinski definition) is 4. The fourth-order valence-corrected chi connectivity index (χ4v) is 6.37. The maximum Gasteiger partial charge on any atom is 0.231 e. The van der Waals surface area contributed by atoms with E-state index >= 15 is 0 Å². The highest BCUT2D eigenvalue weighted by Crippen LogP contribution is 2.41. The van der Waals surface area contributed by atoms with Crippen molar-refractivity contribution in [3.8, 4) is 50.6 Å². The Bertz CT molecular complexity index is 2430. The highest BCUT2D eigenvalue weighted by molar-refractivity contribution is 6.03. The molecule has 4 heteroatoms. The maximum atomic E-state index is 10.5. The molecule has 0 amide bonds. The quantitative estimate of drug-likeness (QED) is 0.220. The van der Waals surface area contributed by atoms with E-state index < -0.39 is 0 Å². The zero-order chi connectivity index (χ0) is 31.4. The van der Waals surface area contributed by atoms with Gasteiger partial charge in [0, 0.05) is 22.7 Å². The van der Waals surface area contributed by atoms with Crippen LogP contribution in [-0.2, 0) is 5.41 Å². The van der Waals surface area contributed by atoms with E-state index in [0.717, 1.165) is 44.2 Å². The van der Waals surface area contributed by atoms with Crippen LogP contribution in [0.4, 0.5) is 0 Å². The van der Waals surface area contributed by atoms with Gasteiger partial charge in [-0.3, -0.25) is 4.98 Å². The Kier molecular flexibility index (Phi) is 6.47. The Morgan fingerprint density at radius 1 is 0.565 bits per heavy atom. The number of aromatic hydroxyl groups is 1. The second kappa shape index (κ2) is 10.7. The van der Waals surface area contributed by atoms with Crippen LogP contribution in [0.5, 0.6) is 5.75 Å². The molecule has 1 N–H and O–H groups in total. The van der Waals surface area contributed by atoms with Crippen LogP contribution < -0.4 is 0 Å². The molecule has 0 aliphatic heterocycles. The lowest BCUT2D eigenvalue weighted by molar-refractivity contribution is 0.474. The molecule has 0 saturated carbocycles. The summed E-state index contributed by atoms with van der Waals surface area (Å²) < 4.78 is 6.19. The number of hydrogen-bond donors (Lipinski definition) is 1. The number of phenols is 1. The summed E-state index contributed by atoms with van der Waals surface area (Å²) in [5, 5.41) is 14.0. The molecule has 0 unspecified atom stereocenters. The lowest BCUT2D eigenvalue weighted by atomic mass is 9.82. The molecule has 0 radical (unpaired) electrons. The molecule has 0 atom stereocenters. The summed E-state index contributed by atoms with van der Waals surface area (Å²) in [6.07, 6.45) is 1.87. The fraction of sp³-hybridized carbons (Fsp3) is 0.0952. The van der Waals surface area contributed by atoms with Gasteiger partial charge in [0.05, 0.1) is 11.1 Å². The third-order valence-corrected chi connectivity index (χ3v) is 8.78. The standard InChI is InChI=1S/C42H32N2O2/c1-42(2,3)31-23-28(34-17-9-19-38-40(34)44-41(46-38)35-15-6-7-18-37(35)45)22-29(24-31)36-25-30(21-27-13-10-20-43-39(27)36)33-16-8-12-26-11-4-5-14-32(26)33/h4-25,45H,1-3H3. The third kappa shape index (κ3) is 4.79. The number of aromatic nitrogens is 2. The molecular formula is C42H32N2O2. The second-order valence-corrected chi connectivity index (χ2v) is 12.9. The zero-order valence-corrected chi connectivity index (χ0v) is 26.0. The molecule has 8 aromatic rings. The monoisotopic (exact) mass is 596 g/mol. The van der Waals surface area contributed by atoms with E-state index in [0.29, 0.717) is 17.0 Å². The number of phenolic OH excluding ortho intramolecular Hbond substituents is 1. The maximum absolute atomic E-state index is 10.5. The lowest BCUT2D eigenvalue weighted by Gasteiger charge is -2.22. The number of rotatable bonds is 4. The molecule has 46 heavy (non-hydrogen) atoms. The van der Waals surface area contributed by atoms with Crippen molar-refractivity contribution in [2.75, 3.05) is 0 Å². The lowest BCUT2D eigenvalue weighted by Crippen LogP contribution is -2.11. The molecule has 0 saturated heterocycles. The molecule has 0 spiro atoms. The van der Waals surface area contributed by atoms with E-state index in [-0.39, 0.29) is 11.2 Å². The van der Waals surface area contributed by atoms with Gasteiger partial charge < -0.3 is 9.52 Å². The van der Waals surface area contributed by atoms with Crippen molar-refractivity contribution in [3.05, 3.63) is 139 Å². The van der Waals surface area contributed by atoms with Crippen molar-refractivity contribution in [1.82, 2.24) is 9.97 Å². The molecule has 0 fully saturated rings. The summed E-state index contributed by atoms with van der Waals surface area (Å²) in [6.45, 7) is 6.73. The predicted molar refractivity (Wildman–Crippen MR) is 189 cm³/mol. The van der Waals surface area contributed by atoms with Crippen LogP contribution in [0.2, 0.25) is 0 Å². The minimum atomic E-state index is -0.111. The smallest absolute Gasteiger partial charge is 0.231 e. The molecular weight excluding hydrogens is 564 g/mol. The van der Waals surface area contributed by atoms with Crippen molar-refractivity contribution in [2.24, 2.45) is 0 Å². The van der Waals surface area contributed by atoms with Gasteiger partial charge in [0.1, 0.15) is 11.3 Å². The molecule has 4 nitrogen and oxygen atoms in total. The molecule has 2 aromatic heterocycles. The molecule has 0 aliphatic rings. The van der Waals surface area contributed by atoms with Gasteiger partial charge >= 0.3 is 0 Å². The first kappa shape index (κ1) is 27.8. The Morgan fingerprint density at radius 2 is 1.24 bits per heavy atom. The van der Waals surface area contributed by atoms with Gasteiger partial charge in [-0.1, -0.05) is 106 Å². The minimum absolute atomic E-state index is 0.111. The van der Waals surface area contributed by atoms with E-state index in [4.69, 9.17) is 14.4 Å². The Hall–Kier alpha value is -5.74. The summed E-state index contributed by atoms with van der Waals surface area (Å²) in [6, 6.07) is 43.7. The van der Waals surface area contributed by atoms with Crippen LogP contribution in [0.25, 0.3) is 77.6 Å². The summed E-state index contributed by atoms with van der Waals surface area (Å²) in [5.41, 5.74) is 10.6. The topological polar surface area (TPSA) is 59.2 Å². The van der Waals surface area contributed by atoms with Crippen LogP contribution in [0.1, 0.15) is 26.3 Å². The van der Waals surface area contributed by atoms with Crippen molar-refractivity contribution in [2.45, 2.75) is 26.2 Å². The first-order chi connectivity index (χ1) is 22.3. The Balaban J connectivity index is 1.37. The molecule has 0 bridgehead atoms. The Labute approximate surface area is 267 Å². The van der Waals surface area contributed by atoms with Crippen molar-refractivity contribution < 1.29 is 9.52 Å².